The number of nitrogens with one attached hydrogen (secondary N) is 2. The van der Waals surface area contributed by atoms with Crippen molar-refractivity contribution in [2.75, 3.05) is 40.8 Å². The van der Waals surface area contributed by atoms with Crippen molar-refractivity contribution < 1.29 is 27.9 Å². The number of benzene rings is 4. The van der Waals surface area contributed by atoms with Crippen molar-refractivity contribution >= 4 is 21.8 Å². The fourth-order valence-corrected chi connectivity index (χ4v) is 6.71. The maximum atomic E-state index is 14.1. The van der Waals surface area contributed by atoms with Gasteiger partial charge in [0.1, 0.15) is 5.75 Å². The fourth-order valence-electron chi connectivity index (χ4n) is 5.81. The summed E-state index contributed by atoms with van der Waals surface area (Å²) in [7, 11) is 0.917. The number of rotatable bonds is 18. The molecular formula is C40H50N4O6S. The first kappa shape index (κ1) is 39.2. The molecule has 0 aromatic heterocycles. The van der Waals surface area contributed by atoms with E-state index in [4.69, 9.17) is 4.74 Å². The molecule has 0 radical (unpaired) electrons. The summed E-state index contributed by atoms with van der Waals surface area (Å²) in [6.45, 7) is 5.88. The summed E-state index contributed by atoms with van der Waals surface area (Å²) >= 11 is 0. The van der Waals surface area contributed by atoms with Crippen molar-refractivity contribution in [3.63, 3.8) is 0 Å². The average molecular weight is 715 g/mol. The number of hydrogen-bond acceptors (Lipinski definition) is 7. The number of carbonyl (C=O) groups excluding carboxylic acids is 2. The number of carbonyl (C=O) groups is 2. The first-order valence-corrected chi connectivity index (χ1v) is 18.7. The summed E-state index contributed by atoms with van der Waals surface area (Å²) in [6, 6.07) is 28.0. The Morgan fingerprint density at radius 2 is 1.45 bits per heavy atom. The second-order valence-electron chi connectivity index (χ2n) is 12.7. The van der Waals surface area contributed by atoms with Crippen LogP contribution in [0.2, 0.25) is 0 Å². The Hall–Kier alpha value is -4.55. The van der Waals surface area contributed by atoms with Gasteiger partial charge in [-0.05, 0) is 84.0 Å². The minimum Gasteiger partial charge on any atom is -0.497 e. The molecule has 4 aromatic carbocycles. The predicted octanol–water partition coefficient (Wildman–Crippen LogP) is 5.37. The van der Waals surface area contributed by atoms with Crippen molar-refractivity contribution in [3.8, 4) is 16.9 Å². The fraction of sp³-hybridized carbons (Fsp3) is 0.350. The van der Waals surface area contributed by atoms with Crippen molar-refractivity contribution in [1.29, 1.82) is 0 Å². The van der Waals surface area contributed by atoms with Gasteiger partial charge in [-0.3, -0.25) is 9.59 Å². The summed E-state index contributed by atoms with van der Waals surface area (Å²) in [5, 5.41) is 17.8. The number of aliphatic hydroxyl groups excluding tert-OH is 1. The first-order chi connectivity index (χ1) is 24.5. The average Bonchev–Trinajstić information content (AvgIpc) is 3.14. The van der Waals surface area contributed by atoms with E-state index in [1.807, 2.05) is 68.4 Å². The highest BCUT2D eigenvalue weighted by Crippen LogP contribution is 2.26. The molecule has 0 saturated carbocycles. The number of aliphatic hydroxyl groups is 1. The largest absolute Gasteiger partial charge is 0.497 e. The molecular weight excluding hydrogens is 665 g/mol. The SMILES string of the molecule is CCCN(CCC)C(=O)c1cc(C(=O)N[C@@H](Cc2ccccc2)[C@H](O)CNCc2cccc(OC)c2)cc(-c2ccc(S(=O)(=O)N(C)C)cc2)c1. The van der Waals surface area contributed by atoms with E-state index in [1.165, 1.54) is 26.2 Å². The third-order valence-electron chi connectivity index (χ3n) is 8.58. The molecule has 0 aliphatic heterocycles. The van der Waals surface area contributed by atoms with Crippen molar-refractivity contribution in [2.24, 2.45) is 0 Å². The minimum atomic E-state index is -3.64. The van der Waals surface area contributed by atoms with Crippen LogP contribution in [0.15, 0.2) is 102 Å². The molecule has 0 unspecified atom stereocenters. The number of nitrogens with zero attached hydrogens (tertiary/aromatic N) is 2. The van der Waals surface area contributed by atoms with Crippen LogP contribution in [-0.4, -0.2) is 87.5 Å². The summed E-state index contributed by atoms with van der Waals surface area (Å²) in [5.74, 6) is 0.109. The number of hydrogen-bond donors (Lipinski definition) is 3. The zero-order valence-electron chi connectivity index (χ0n) is 30.1. The lowest BCUT2D eigenvalue weighted by molar-refractivity contribution is 0.0755. The summed E-state index contributed by atoms with van der Waals surface area (Å²) in [5.41, 5.74) is 3.78. The number of methoxy groups -OCH3 is 1. The number of sulfonamides is 1. The van der Waals surface area contributed by atoms with Crippen LogP contribution in [0, 0.1) is 0 Å². The van der Waals surface area contributed by atoms with Gasteiger partial charge >= 0.3 is 0 Å². The molecule has 10 nitrogen and oxygen atoms in total. The van der Waals surface area contributed by atoms with Gasteiger partial charge in [0.2, 0.25) is 10.0 Å². The van der Waals surface area contributed by atoms with E-state index in [1.54, 1.807) is 42.3 Å². The van der Waals surface area contributed by atoms with E-state index in [0.29, 0.717) is 42.7 Å². The highest BCUT2D eigenvalue weighted by Gasteiger charge is 2.25. The summed E-state index contributed by atoms with van der Waals surface area (Å²) < 4.78 is 31.9. The zero-order chi connectivity index (χ0) is 37.0. The van der Waals surface area contributed by atoms with E-state index in [2.05, 4.69) is 10.6 Å². The van der Waals surface area contributed by atoms with Crippen LogP contribution in [0.25, 0.3) is 11.1 Å². The molecule has 4 aromatic rings. The third-order valence-corrected chi connectivity index (χ3v) is 10.4. The molecule has 0 fully saturated rings. The van der Waals surface area contributed by atoms with Crippen LogP contribution in [0.4, 0.5) is 0 Å². The summed E-state index contributed by atoms with van der Waals surface area (Å²) in [6.07, 6.45) is 0.999. The van der Waals surface area contributed by atoms with Gasteiger partial charge in [0.25, 0.3) is 11.8 Å². The predicted molar refractivity (Wildman–Crippen MR) is 201 cm³/mol. The second kappa shape index (κ2) is 18.6. The van der Waals surface area contributed by atoms with Gasteiger partial charge in [-0.25, -0.2) is 12.7 Å². The van der Waals surface area contributed by atoms with Gasteiger partial charge in [0.05, 0.1) is 24.2 Å². The molecule has 11 heteroatoms. The van der Waals surface area contributed by atoms with E-state index in [9.17, 15) is 23.1 Å². The van der Waals surface area contributed by atoms with E-state index in [0.717, 1.165) is 34.0 Å². The smallest absolute Gasteiger partial charge is 0.253 e. The maximum absolute atomic E-state index is 14.1. The van der Waals surface area contributed by atoms with Crippen LogP contribution >= 0.6 is 0 Å². The minimum absolute atomic E-state index is 0.135. The van der Waals surface area contributed by atoms with Gasteiger partial charge in [-0.1, -0.05) is 68.4 Å². The van der Waals surface area contributed by atoms with Crippen LogP contribution in [0.1, 0.15) is 58.5 Å². The Morgan fingerprint density at radius 1 is 0.804 bits per heavy atom. The number of ether oxygens (including phenoxy) is 1. The first-order valence-electron chi connectivity index (χ1n) is 17.3. The van der Waals surface area contributed by atoms with Crippen LogP contribution in [0.5, 0.6) is 5.75 Å². The van der Waals surface area contributed by atoms with E-state index in [-0.39, 0.29) is 22.9 Å². The lowest BCUT2D eigenvalue weighted by Gasteiger charge is -2.26. The molecule has 51 heavy (non-hydrogen) atoms. The molecule has 0 heterocycles. The molecule has 272 valence electrons. The Balaban J connectivity index is 1.66. The highest BCUT2D eigenvalue weighted by molar-refractivity contribution is 7.89. The molecule has 0 aliphatic rings. The quantitative estimate of drug-likeness (QED) is 0.127. The van der Waals surface area contributed by atoms with Crippen LogP contribution in [0.3, 0.4) is 0 Å². The molecule has 2 atom stereocenters. The Kier molecular flexibility index (Phi) is 14.3. The van der Waals surface area contributed by atoms with Crippen LogP contribution in [-0.2, 0) is 23.0 Å². The normalized spacial score (nSPS) is 12.7. The monoisotopic (exact) mass is 714 g/mol. The van der Waals surface area contributed by atoms with Crippen LogP contribution < -0.4 is 15.4 Å². The molecule has 4 rings (SSSR count). The standard InChI is InChI=1S/C40H50N4O6S/c1-6-20-44(21-7-2)40(47)34-25-32(31-16-18-36(19-17-31)51(48,49)43(3)4)24-33(26-34)39(46)42-37(23-29-12-9-8-10-13-29)38(45)28-41-27-30-14-11-15-35(22-30)50-5/h8-19,22,24-26,37-38,41,45H,6-7,20-21,23,27-28H2,1-5H3,(H,42,46)/t37-,38+/m0/s1. The van der Waals surface area contributed by atoms with Gasteiger partial charge in [0.15, 0.2) is 0 Å². The van der Waals surface area contributed by atoms with E-state index >= 15 is 0 Å². The van der Waals surface area contributed by atoms with Gasteiger partial charge in [-0.15, -0.1) is 0 Å². The Bertz CT molecular complexity index is 1840. The zero-order valence-corrected chi connectivity index (χ0v) is 30.9. The van der Waals surface area contributed by atoms with E-state index < -0.39 is 28.1 Å². The number of amides is 2. The molecule has 3 N–H and O–H groups in total. The Morgan fingerprint density at radius 3 is 2.08 bits per heavy atom. The highest BCUT2D eigenvalue weighted by atomic mass is 32.2. The topological polar surface area (TPSA) is 128 Å². The molecule has 0 aliphatic carbocycles. The molecule has 0 spiro atoms. The van der Waals surface area contributed by atoms with Crippen molar-refractivity contribution in [3.05, 3.63) is 119 Å². The molecule has 0 bridgehead atoms. The lowest BCUT2D eigenvalue weighted by Crippen LogP contribution is -2.48. The van der Waals surface area contributed by atoms with Gasteiger partial charge in [0, 0.05) is 51.4 Å². The third kappa shape index (κ3) is 10.7. The molecule has 2 amide bonds. The summed E-state index contributed by atoms with van der Waals surface area (Å²) in [4.78, 5) is 29.9. The van der Waals surface area contributed by atoms with Crippen molar-refractivity contribution in [1.82, 2.24) is 19.8 Å². The van der Waals surface area contributed by atoms with Crippen molar-refractivity contribution in [2.45, 2.75) is 56.7 Å². The maximum Gasteiger partial charge on any atom is 0.253 e. The lowest BCUT2D eigenvalue weighted by atomic mass is 9.97. The molecule has 0 saturated heterocycles. The van der Waals surface area contributed by atoms with Gasteiger partial charge in [-0.2, -0.15) is 0 Å². The van der Waals surface area contributed by atoms with Gasteiger partial charge < -0.3 is 25.4 Å². The Labute approximate surface area is 302 Å². The second-order valence-corrected chi connectivity index (χ2v) is 14.9.